The lowest BCUT2D eigenvalue weighted by Crippen LogP contribution is -2.48. The van der Waals surface area contributed by atoms with Crippen molar-refractivity contribution >= 4 is 34.1 Å². The molecule has 0 fully saturated rings. The lowest BCUT2D eigenvalue weighted by atomic mass is 9.95. The molecule has 6 aromatic carbocycles. The van der Waals surface area contributed by atoms with E-state index in [2.05, 4.69) is 27.8 Å². The molecule has 6 N–H and O–H groups in total. The van der Waals surface area contributed by atoms with Gasteiger partial charge in [-0.15, -0.1) is 0 Å². The summed E-state index contributed by atoms with van der Waals surface area (Å²) in [5.41, 5.74) is 6.12. The van der Waals surface area contributed by atoms with E-state index in [0.29, 0.717) is 55.4 Å². The smallest absolute Gasteiger partial charge is 0.230 e. The quantitative estimate of drug-likeness (QED) is 0.0374. The fraction of sp³-hybridized carbons (Fsp3) is 0.259. The first-order valence-electron chi connectivity index (χ1n) is 22.3. The summed E-state index contributed by atoms with van der Waals surface area (Å²) in [6, 6.07) is 37.0. The summed E-state index contributed by atoms with van der Waals surface area (Å²) in [6.07, 6.45) is 1.43. The number of rotatable bonds is 22. The molecule has 0 aliphatic heterocycles. The number of ether oxygens (including phenoxy) is 4. The van der Waals surface area contributed by atoms with Gasteiger partial charge in [-0.3, -0.25) is 0 Å². The van der Waals surface area contributed by atoms with Crippen molar-refractivity contribution in [3.05, 3.63) is 170 Å². The number of aromatic nitrogens is 2. The van der Waals surface area contributed by atoms with Crippen LogP contribution < -0.4 is 29.6 Å². The lowest BCUT2D eigenvalue weighted by molar-refractivity contribution is 0.102. The highest BCUT2D eigenvalue weighted by atomic mass is 35.5. The minimum absolute atomic E-state index is 0.134. The van der Waals surface area contributed by atoms with Crippen molar-refractivity contribution in [1.29, 1.82) is 10.5 Å². The van der Waals surface area contributed by atoms with E-state index in [0.717, 1.165) is 33.4 Å². The highest BCUT2D eigenvalue weighted by Crippen LogP contribution is 2.40. The Morgan fingerprint density at radius 2 is 1.07 bits per heavy atom. The molecule has 14 nitrogen and oxygen atoms in total. The minimum atomic E-state index is -0.970. The number of fused-ring (bicyclic) bond motifs is 1. The molecule has 0 aliphatic carbocycles. The van der Waals surface area contributed by atoms with E-state index < -0.39 is 11.1 Å². The summed E-state index contributed by atoms with van der Waals surface area (Å²) in [7, 11) is 0. The molecule has 0 radical (unpaired) electrons. The van der Waals surface area contributed by atoms with Gasteiger partial charge in [0.1, 0.15) is 43.4 Å². The van der Waals surface area contributed by atoms with Crippen LogP contribution in [0.3, 0.4) is 0 Å². The van der Waals surface area contributed by atoms with Gasteiger partial charge in [-0.2, -0.15) is 10.5 Å². The van der Waals surface area contributed by atoms with Crippen LogP contribution in [0.25, 0.3) is 22.0 Å². The van der Waals surface area contributed by atoms with E-state index >= 15 is 0 Å². The average molecular weight is 984 g/mol. The van der Waals surface area contributed by atoms with Crippen LogP contribution in [0.15, 0.2) is 116 Å². The van der Waals surface area contributed by atoms with Gasteiger partial charge in [-0.1, -0.05) is 77.8 Å². The molecule has 0 aliphatic rings. The Labute approximate surface area is 416 Å². The zero-order valence-electron chi connectivity index (χ0n) is 38.8. The average Bonchev–Trinajstić information content (AvgIpc) is 3.39. The van der Waals surface area contributed by atoms with Gasteiger partial charge in [0.25, 0.3) is 0 Å². The van der Waals surface area contributed by atoms with E-state index in [9.17, 15) is 30.9 Å². The molecule has 16 heteroatoms. The zero-order chi connectivity index (χ0) is 49.8. The first-order chi connectivity index (χ1) is 33.8. The number of nitrogens with zero attached hydrogens (tertiary/aromatic N) is 4. The van der Waals surface area contributed by atoms with Crippen molar-refractivity contribution in [2.24, 2.45) is 0 Å². The number of nitriles is 2. The molecule has 7 rings (SSSR count). The number of nitrogens with one attached hydrogen (secondary N) is 2. The highest BCUT2D eigenvalue weighted by Gasteiger charge is 2.25. The summed E-state index contributed by atoms with van der Waals surface area (Å²) in [4.78, 5) is 9.22. The topological polar surface area (TPSA) is 215 Å². The molecule has 70 heavy (non-hydrogen) atoms. The maximum atomic E-state index is 9.92. The third-order valence-electron chi connectivity index (χ3n) is 11.9. The molecular formula is C54H52Cl2N6O8. The van der Waals surface area contributed by atoms with Crippen molar-refractivity contribution in [3.8, 4) is 52.1 Å². The van der Waals surface area contributed by atoms with Gasteiger partial charge < -0.3 is 50.0 Å². The van der Waals surface area contributed by atoms with Gasteiger partial charge in [0.2, 0.25) is 5.88 Å². The number of aliphatic hydroxyl groups excluding tert-OH is 4. The van der Waals surface area contributed by atoms with Crippen LogP contribution in [0, 0.1) is 29.6 Å². The number of para-hydroxylation sites is 1. The second kappa shape index (κ2) is 23.2. The minimum Gasteiger partial charge on any atom is -0.488 e. The molecule has 0 spiro atoms. The van der Waals surface area contributed by atoms with E-state index in [4.69, 9.17) is 47.1 Å². The summed E-state index contributed by atoms with van der Waals surface area (Å²) in [5, 5.41) is 66.1. The summed E-state index contributed by atoms with van der Waals surface area (Å²) in [6.45, 7) is 5.06. The molecule has 1 heterocycles. The van der Waals surface area contributed by atoms with E-state index in [1.807, 2.05) is 55.5 Å². The number of hydrogen-bond donors (Lipinski definition) is 6. The Bertz CT molecular complexity index is 3060. The van der Waals surface area contributed by atoms with Gasteiger partial charge in [0, 0.05) is 41.9 Å². The van der Waals surface area contributed by atoms with Gasteiger partial charge in [0.05, 0.1) is 81.7 Å². The maximum absolute atomic E-state index is 9.92. The Morgan fingerprint density at radius 1 is 0.571 bits per heavy atom. The monoisotopic (exact) mass is 982 g/mol. The summed E-state index contributed by atoms with van der Waals surface area (Å²) < 4.78 is 25.5. The molecule has 0 bridgehead atoms. The second-order valence-corrected chi connectivity index (χ2v) is 18.1. The molecular weight excluding hydrogens is 932 g/mol. The molecule has 1 aromatic heterocycles. The van der Waals surface area contributed by atoms with Crippen molar-refractivity contribution in [1.82, 2.24) is 20.6 Å². The van der Waals surface area contributed by atoms with Crippen LogP contribution >= 0.6 is 23.2 Å². The largest absolute Gasteiger partial charge is 0.488 e. The fourth-order valence-corrected chi connectivity index (χ4v) is 7.83. The van der Waals surface area contributed by atoms with Gasteiger partial charge in [-0.25, -0.2) is 9.97 Å². The van der Waals surface area contributed by atoms with Crippen molar-refractivity contribution in [3.63, 3.8) is 0 Å². The van der Waals surface area contributed by atoms with Crippen molar-refractivity contribution < 1.29 is 39.4 Å². The SMILES string of the molecule is Cc1c(COc2cc(OCc3cccc(C#N)c3)c(CNC(C)(CO)CO)cc2Cl)cccc1-c1cccc2c(Oc3cc(OCc4cccc(C#N)c4)c(CNC(C)(CO)CO)cc3Cl)ncnc12. The Morgan fingerprint density at radius 3 is 1.63 bits per heavy atom. The highest BCUT2D eigenvalue weighted by molar-refractivity contribution is 6.32. The number of hydrogen-bond acceptors (Lipinski definition) is 14. The zero-order valence-corrected chi connectivity index (χ0v) is 40.3. The number of aliphatic hydroxyl groups is 4. The van der Waals surface area contributed by atoms with Crippen molar-refractivity contribution in [2.45, 2.75) is 64.8 Å². The molecule has 0 atom stereocenters. The first kappa shape index (κ1) is 51.0. The van der Waals surface area contributed by atoms with Crippen LogP contribution in [0.1, 0.15) is 58.4 Å². The third kappa shape index (κ3) is 12.3. The number of benzene rings is 6. The van der Waals surface area contributed by atoms with E-state index in [1.54, 1.807) is 74.5 Å². The normalized spacial score (nSPS) is 11.5. The van der Waals surface area contributed by atoms with Crippen LogP contribution in [-0.4, -0.2) is 67.9 Å². The third-order valence-corrected chi connectivity index (χ3v) is 12.5. The molecule has 7 aromatic rings. The van der Waals surface area contributed by atoms with Crippen LogP contribution in [0.5, 0.6) is 28.9 Å². The number of halogens is 2. The van der Waals surface area contributed by atoms with Gasteiger partial charge >= 0.3 is 0 Å². The van der Waals surface area contributed by atoms with Crippen molar-refractivity contribution in [2.75, 3.05) is 26.4 Å². The fourth-order valence-electron chi connectivity index (χ4n) is 7.36. The van der Waals surface area contributed by atoms with E-state index in [1.165, 1.54) is 6.33 Å². The second-order valence-electron chi connectivity index (χ2n) is 17.3. The Kier molecular flexibility index (Phi) is 16.9. The lowest BCUT2D eigenvalue weighted by Gasteiger charge is -2.27. The van der Waals surface area contributed by atoms with Crippen LogP contribution in [0.2, 0.25) is 10.0 Å². The predicted octanol–water partition coefficient (Wildman–Crippen LogP) is 8.85. The summed E-state index contributed by atoms with van der Waals surface area (Å²) >= 11 is 13.7. The molecule has 0 saturated carbocycles. The molecule has 0 saturated heterocycles. The maximum Gasteiger partial charge on any atom is 0.230 e. The molecule has 0 amide bonds. The van der Waals surface area contributed by atoms with Crippen LogP contribution in [0.4, 0.5) is 0 Å². The van der Waals surface area contributed by atoms with E-state index in [-0.39, 0.29) is 76.0 Å². The van der Waals surface area contributed by atoms with Crippen LogP contribution in [-0.2, 0) is 32.9 Å². The predicted molar refractivity (Wildman–Crippen MR) is 267 cm³/mol. The summed E-state index contributed by atoms with van der Waals surface area (Å²) in [5.74, 6) is 1.78. The van der Waals surface area contributed by atoms with Gasteiger partial charge in [-0.05, 0) is 91.1 Å². The molecule has 0 unspecified atom stereocenters. The Balaban J connectivity index is 1.15. The Hall–Kier alpha value is -6.82. The molecule has 360 valence electrons. The standard InChI is InChI=1S/C54H52Cl2N6O8/c1-34-39(28-69-49-20-47(67-26-37-10-4-8-35(16-37)22-57)40(18-45(49)55)24-61-53(2,29-63)30-64)12-6-13-42(34)43-14-7-15-44-51(43)59-33-60-52(44)70-50-21-48(68-27-38-11-5-9-36(17-38)23-58)41(19-46(50)56)25-62-54(3,31-65)32-66/h4-21,33,61-66H,24-32H2,1-3H3. The van der Waals surface area contributed by atoms with Gasteiger partial charge in [0.15, 0.2) is 5.75 Å². The first-order valence-corrected chi connectivity index (χ1v) is 23.0.